The highest BCUT2D eigenvalue weighted by Crippen LogP contribution is 2.27. The molecule has 0 aliphatic rings. The molecule has 158 valence electrons. The molecule has 0 aliphatic carbocycles. The van der Waals surface area contributed by atoms with Crippen LogP contribution in [0.2, 0.25) is 0 Å². The summed E-state index contributed by atoms with van der Waals surface area (Å²) in [5, 5.41) is 5.74. The predicted octanol–water partition coefficient (Wildman–Crippen LogP) is 4.29. The van der Waals surface area contributed by atoms with E-state index in [9.17, 15) is 9.59 Å². The van der Waals surface area contributed by atoms with Gasteiger partial charge in [0.05, 0.1) is 30.2 Å². The molecular weight excluding hydrogens is 420 g/mol. The van der Waals surface area contributed by atoms with Gasteiger partial charge in [-0.25, -0.2) is 9.97 Å². The first kappa shape index (κ1) is 22.0. The maximum atomic E-state index is 12.4. The van der Waals surface area contributed by atoms with Crippen molar-refractivity contribution in [2.75, 3.05) is 17.7 Å². The third-order valence-electron chi connectivity index (χ3n) is 4.19. The SMILES string of the molecule is CCOC(=O)Cc1csc(NC(=O)CSc2nccn2-c2ccccc2C(C)C)n1. The number of aromatic nitrogens is 3. The van der Waals surface area contributed by atoms with Gasteiger partial charge in [0.2, 0.25) is 5.91 Å². The molecule has 3 aromatic rings. The molecule has 2 heterocycles. The van der Waals surface area contributed by atoms with Crippen molar-refractivity contribution < 1.29 is 14.3 Å². The molecule has 1 N–H and O–H groups in total. The Morgan fingerprint density at radius 2 is 2.10 bits per heavy atom. The highest BCUT2D eigenvalue weighted by atomic mass is 32.2. The Hall–Kier alpha value is -2.65. The Bertz CT molecular complexity index is 1010. The van der Waals surface area contributed by atoms with E-state index < -0.39 is 0 Å². The summed E-state index contributed by atoms with van der Waals surface area (Å²) in [6.07, 6.45) is 3.74. The lowest BCUT2D eigenvalue weighted by molar-refractivity contribution is -0.142. The van der Waals surface area contributed by atoms with Crippen LogP contribution in [-0.4, -0.2) is 38.8 Å². The van der Waals surface area contributed by atoms with E-state index >= 15 is 0 Å². The predicted molar refractivity (Wildman–Crippen MR) is 119 cm³/mol. The number of amides is 1. The maximum absolute atomic E-state index is 12.4. The van der Waals surface area contributed by atoms with E-state index in [1.165, 1.54) is 28.7 Å². The van der Waals surface area contributed by atoms with Gasteiger partial charge in [-0.05, 0) is 24.5 Å². The third-order valence-corrected chi connectivity index (χ3v) is 5.96. The molecule has 0 spiro atoms. The van der Waals surface area contributed by atoms with Crippen LogP contribution in [0, 0.1) is 0 Å². The van der Waals surface area contributed by atoms with Gasteiger partial charge < -0.3 is 10.1 Å². The normalized spacial score (nSPS) is 10.9. The summed E-state index contributed by atoms with van der Waals surface area (Å²) in [6, 6.07) is 8.19. The van der Waals surface area contributed by atoms with Crippen molar-refractivity contribution in [3.05, 3.63) is 53.3 Å². The first-order valence-electron chi connectivity index (χ1n) is 9.63. The van der Waals surface area contributed by atoms with Crippen LogP contribution in [0.15, 0.2) is 47.2 Å². The van der Waals surface area contributed by atoms with E-state index in [0.717, 1.165) is 10.8 Å². The van der Waals surface area contributed by atoms with E-state index in [1.54, 1.807) is 18.5 Å². The van der Waals surface area contributed by atoms with Crippen molar-refractivity contribution in [1.82, 2.24) is 14.5 Å². The second kappa shape index (κ2) is 10.4. The minimum Gasteiger partial charge on any atom is -0.466 e. The number of esters is 1. The van der Waals surface area contributed by atoms with E-state index in [4.69, 9.17) is 4.74 Å². The van der Waals surface area contributed by atoms with Crippen LogP contribution in [0.1, 0.15) is 37.9 Å². The summed E-state index contributed by atoms with van der Waals surface area (Å²) >= 11 is 2.65. The summed E-state index contributed by atoms with van der Waals surface area (Å²) < 4.78 is 6.92. The van der Waals surface area contributed by atoms with Gasteiger partial charge in [-0.1, -0.05) is 43.8 Å². The summed E-state index contributed by atoms with van der Waals surface area (Å²) in [5.41, 5.74) is 2.87. The fourth-order valence-electron chi connectivity index (χ4n) is 2.87. The van der Waals surface area contributed by atoms with Crippen LogP contribution < -0.4 is 5.32 Å². The summed E-state index contributed by atoms with van der Waals surface area (Å²) in [4.78, 5) is 32.6. The van der Waals surface area contributed by atoms with Crippen molar-refractivity contribution in [3.8, 4) is 5.69 Å². The number of imidazole rings is 1. The summed E-state index contributed by atoms with van der Waals surface area (Å²) in [6.45, 7) is 6.40. The second-order valence-corrected chi connectivity index (χ2v) is 8.56. The van der Waals surface area contributed by atoms with Gasteiger partial charge in [0, 0.05) is 17.8 Å². The molecule has 0 fully saturated rings. The average Bonchev–Trinajstić information content (AvgIpc) is 3.35. The Labute approximate surface area is 183 Å². The van der Waals surface area contributed by atoms with Crippen LogP contribution >= 0.6 is 23.1 Å². The number of benzene rings is 1. The molecule has 0 aliphatic heterocycles. The number of thiazole rings is 1. The topological polar surface area (TPSA) is 86.1 Å². The van der Waals surface area contributed by atoms with E-state index in [0.29, 0.717) is 23.4 Å². The van der Waals surface area contributed by atoms with Gasteiger partial charge in [0.25, 0.3) is 0 Å². The molecule has 0 unspecified atom stereocenters. The number of carbonyl (C=O) groups is 2. The molecule has 0 bridgehead atoms. The Morgan fingerprint density at radius 1 is 1.30 bits per heavy atom. The van der Waals surface area contributed by atoms with Crippen LogP contribution in [-0.2, 0) is 20.7 Å². The number of carbonyl (C=O) groups excluding carboxylic acids is 2. The highest BCUT2D eigenvalue weighted by Gasteiger charge is 2.14. The fourth-order valence-corrected chi connectivity index (χ4v) is 4.36. The van der Waals surface area contributed by atoms with Gasteiger partial charge >= 0.3 is 5.97 Å². The van der Waals surface area contributed by atoms with Crippen molar-refractivity contribution in [2.24, 2.45) is 0 Å². The van der Waals surface area contributed by atoms with E-state index in [-0.39, 0.29) is 24.1 Å². The lowest BCUT2D eigenvalue weighted by Crippen LogP contribution is -2.15. The highest BCUT2D eigenvalue weighted by molar-refractivity contribution is 7.99. The molecule has 9 heteroatoms. The third kappa shape index (κ3) is 5.70. The minimum absolute atomic E-state index is 0.0989. The quantitative estimate of drug-likeness (QED) is 0.391. The molecule has 30 heavy (non-hydrogen) atoms. The molecule has 3 rings (SSSR count). The smallest absolute Gasteiger partial charge is 0.311 e. The standard InChI is InChI=1S/C21H24N4O3S2/c1-4-28-19(27)11-15-12-29-20(23-15)24-18(26)13-30-21-22-9-10-25(21)17-8-6-5-7-16(17)14(2)3/h5-10,12,14H,4,11,13H2,1-3H3,(H,23,24,26). The molecule has 0 saturated carbocycles. The minimum atomic E-state index is -0.329. The average molecular weight is 445 g/mol. The number of nitrogens with one attached hydrogen (secondary N) is 1. The lowest BCUT2D eigenvalue weighted by Gasteiger charge is -2.15. The first-order valence-corrected chi connectivity index (χ1v) is 11.5. The zero-order valence-corrected chi connectivity index (χ0v) is 18.8. The van der Waals surface area contributed by atoms with Crippen molar-refractivity contribution in [3.63, 3.8) is 0 Å². The van der Waals surface area contributed by atoms with Gasteiger partial charge in [-0.2, -0.15) is 0 Å². The lowest BCUT2D eigenvalue weighted by atomic mass is 10.0. The Kier molecular flexibility index (Phi) is 7.64. The Morgan fingerprint density at radius 3 is 2.87 bits per heavy atom. The Balaban J connectivity index is 1.60. The number of rotatable bonds is 9. The van der Waals surface area contributed by atoms with Gasteiger partial charge in [-0.15, -0.1) is 11.3 Å². The first-order chi connectivity index (χ1) is 14.5. The summed E-state index contributed by atoms with van der Waals surface area (Å²) in [5.74, 6) is 0.0696. The van der Waals surface area contributed by atoms with Gasteiger partial charge in [0.1, 0.15) is 0 Å². The monoisotopic (exact) mass is 444 g/mol. The van der Waals surface area contributed by atoms with Crippen LogP contribution in [0.4, 0.5) is 5.13 Å². The van der Waals surface area contributed by atoms with Gasteiger partial charge in [0.15, 0.2) is 10.3 Å². The van der Waals surface area contributed by atoms with Gasteiger partial charge in [-0.3, -0.25) is 14.2 Å². The van der Waals surface area contributed by atoms with Crippen LogP contribution in [0.25, 0.3) is 5.69 Å². The molecule has 7 nitrogen and oxygen atoms in total. The van der Waals surface area contributed by atoms with Crippen molar-refractivity contribution in [1.29, 1.82) is 0 Å². The fraction of sp³-hybridized carbons (Fsp3) is 0.333. The van der Waals surface area contributed by atoms with Crippen molar-refractivity contribution >= 4 is 40.1 Å². The number of hydrogen-bond donors (Lipinski definition) is 1. The number of anilines is 1. The zero-order chi connectivity index (χ0) is 21.5. The summed E-state index contributed by atoms with van der Waals surface area (Å²) in [7, 11) is 0. The molecule has 1 amide bonds. The molecular formula is C21H24N4O3S2. The second-order valence-electron chi connectivity index (χ2n) is 6.76. The van der Waals surface area contributed by atoms with Crippen molar-refractivity contribution in [2.45, 2.75) is 38.3 Å². The van der Waals surface area contributed by atoms with Crippen LogP contribution in [0.5, 0.6) is 0 Å². The molecule has 0 radical (unpaired) electrons. The zero-order valence-electron chi connectivity index (χ0n) is 17.1. The van der Waals surface area contributed by atoms with E-state index in [1.807, 2.05) is 22.9 Å². The largest absolute Gasteiger partial charge is 0.466 e. The number of hydrogen-bond acceptors (Lipinski definition) is 7. The number of para-hydroxylation sites is 1. The molecule has 0 atom stereocenters. The molecule has 2 aromatic heterocycles. The number of ether oxygens (including phenoxy) is 1. The number of nitrogens with zero attached hydrogens (tertiary/aromatic N) is 3. The maximum Gasteiger partial charge on any atom is 0.311 e. The van der Waals surface area contributed by atoms with Crippen LogP contribution in [0.3, 0.4) is 0 Å². The number of thioether (sulfide) groups is 1. The molecule has 1 aromatic carbocycles. The molecule has 0 saturated heterocycles. The van der Waals surface area contributed by atoms with E-state index in [2.05, 4.69) is 41.3 Å².